The van der Waals surface area contributed by atoms with Crippen molar-refractivity contribution in [2.45, 2.75) is 50.1 Å². The van der Waals surface area contributed by atoms with Crippen LogP contribution < -0.4 is 0 Å². The summed E-state index contributed by atoms with van der Waals surface area (Å²) in [4.78, 5) is 0. The highest BCUT2D eigenvalue weighted by Gasteiger charge is 2.31. The molecule has 0 amide bonds. The van der Waals surface area contributed by atoms with E-state index in [4.69, 9.17) is 0 Å². The summed E-state index contributed by atoms with van der Waals surface area (Å²) in [6, 6.07) is 1.63. The van der Waals surface area contributed by atoms with E-state index in [-0.39, 0.29) is 11.1 Å². The first kappa shape index (κ1) is 13.5. The van der Waals surface area contributed by atoms with Crippen molar-refractivity contribution in [1.82, 2.24) is 14.5 Å². The fourth-order valence-electron chi connectivity index (χ4n) is 2.65. The predicted octanol–water partition coefficient (Wildman–Crippen LogP) is 2.00. The molecule has 18 heavy (non-hydrogen) atoms. The summed E-state index contributed by atoms with van der Waals surface area (Å²) >= 11 is 0. The second-order valence-corrected chi connectivity index (χ2v) is 6.99. The van der Waals surface area contributed by atoms with Crippen molar-refractivity contribution in [1.29, 1.82) is 0 Å². The van der Waals surface area contributed by atoms with Crippen molar-refractivity contribution >= 4 is 10.0 Å². The number of sulfonamides is 1. The first-order valence-electron chi connectivity index (χ1n) is 6.53. The molecular weight excluding hydrogens is 250 g/mol. The minimum absolute atomic E-state index is 0.126. The number of nitrogens with zero attached hydrogens (tertiary/aromatic N) is 2. The lowest BCUT2D eigenvalue weighted by Gasteiger charge is -2.33. The van der Waals surface area contributed by atoms with Gasteiger partial charge in [0.05, 0.1) is 6.20 Å². The normalized spacial score (nSPS) is 25.5. The van der Waals surface area contributed by atoms with Gasteiger partial charge in [0.15, 0.2) is 5.03 Å². The van der Waals surface area contributed by atoms with Crippen LogP contribution >= 0.6 is 0 Å². The summed E-state index contributed by atoms with van der Waals surface area (Å²) in [6.07, 6.45) is 6.84. The molecule has 0 bridgehead atoms. The summed E-state index contributed by atoms with van der Waals surface area (Å²) in [5.74, 6) is 0.768. The number of hydrogen-bond acceptors (Lipinski definition) is 3. The lowest BCUT2D eigenvalue weighted by Crippen LogP contribution is -2.39. The molecular formula is C12H21N3O2S. The fraction of sp³-hybridized carbons (Fsp3) is 0.750. The van der Waals surface area contributed by atoms with Gasteiger partial charge in [-0.25, -0.2) is 8.42 Å². The number of hydrogen-bond donors (Lipinski definition) is 1. The molecule has 0 aromatic carbocycles. The van der Waals surface area contributed by atoms with Crippen molar-refractivity contribution < 1.29 is 8.42 Å². The Labute approximate surface area is 109 Å². The van der Waals surface area contributed by atoms with Crippen LogP contribution in [0.25, 0.3) is 0 Å². The molecule has 1 N–H and O–H groups in total. The molecule has 1 fully saturated rings. The lowest BCUT2D eigenvalue weighted by molar-refractivity contribution is 0.232. The van der Waals surface area contributed by atoms with Crippen LogP contribution in [0.15, 0.2) is 17.3 Å². The molecule has 0 spiro atoms. The molecule has 5 nitrogen and oxygen atoms in total. The maximum atomic E-state index is 12.3. The molecule has 0 atom stereocenters. The van der Waals surface area contributed by atoms with Gasteiger partial charge in [-0.1, -0.05) is 13.3 Å². The van der Waals surface area contributed by atoms with Gasteiger partial charge in [-0.15, -0.1) is 0 Å². The highest BCUT2D eigenvalue weighted by Crippen LogP contribution is 2.30. The van der Waals surface area contributed by atoms with Gasteiger partial charge in [0.1, 0.15) is 0 Å². The van der Waals surface area contributed by atoms with Gasteiger partial charge >= 0.3 is 0 Å². The molecule has 2 rings (SSSR count). The molecule has 1 aromatic rings. The van der Waals surface area contributed by atoms with Gasteiger partial charge in [-0.2, -0.15) is 9.40 Å². The third-order valence-electron chi connectivity index (χ3n) is 4.04. The van der Waals surface area contributed by atoms with Crippen LogP contribution in [0.5, 0.6) is 0 Å². The molecule has 1 aliphatic rings. The predicted molar refractivity (Wildman–Crippen MR) is 69.6 cm³/mol. The van der Waals surface area contributed by atoms with Gasteiger partial charge in [0, 0.05) is 13.1 Å². The zero-order valence-corrected chi connectivity index (χ0v) is 11.8. The van der Waals surface area contributed by atoms with Crippen molar-refractivity contribution in [3.8, 4) is 0 Å². The van der Waals surface area contributed by atoms with Crippen molar-refractivity contribution in [3.63, 3.8) is 0 Å². The summed E-state index contributed by atoms with van der Waals surface area (Å²) < 4.78 is 26.1. The van der Waals surface area contributed by atoms with Gasteiger partial charge in [-0.05, 0) is 37.7 Å². The second kappa shape index (κ2) is 5.40. The average Bonchev–Trinajstić information content (AvgIpc) is 2.92. The third-order valence-corrected chi connectivity index (χ3v) is 5.88. The fourth-order valence-corrected chi connectivity index (χ4v) is 3.97. The van der Waals surface area contributed by atoms with Gasteiger partial charge in [-0.3, -0.25) is 5.10 Å². The molecule has 0 aliphatic heterocycles. The van der Waals surface area contributed by atoms with Crippen LogP contribution in [0, 0.1) is 5.92 Å². The molecule has 1 heterocycles. The molecule has 6 heteroatoms. The van der Waals surface area contributed by atoms with Crippen LogP contribution in [0.2, 0.25) is 0 Å². The molecule has 1 aromatic heterocycles. The lowest BCUT2D eigenvalue weighted by atomic mass is 9.85. The minimum atomic E-state index is -3.40. The number of aromatic nitrogens is 2. The van der Waals surface area contributed by atoms with Crippen LogP contribution in [0.3, 0.4) is 0 Å². The van der Waals surface area contributed by atoms with E-state index >= 15 is 0 Å². The summed E-state index contributed by atoms with van der Waals surface area (Å²) in [7, 11) is -1.73. The van der Waals surface area contributed by atoms with Gasteiger partial charge < -0.3 is 0 Å². The summed E-state index contributed by atoms with van der Waals surface area (Å²) in [5.41, 5.74) is 0. The molecule has 0 radical (unpaired) electrons. The van der Waals surface area contributed by atoms with Crippen molar-refractivity contribution in [3.05, 3.63) is 12.3 Å². The monoisotopic (exact) mass is 271 g/mol. The minimum Gasteiger partial charge on any atom is -0.266 e. The Morgan fingerprint density at radius 1 is 1.39 bits per heavy atom. The molecule has 0 saturated heterocycles. The van der Waals surface area contributed by atoms with E-state index < -0.39 is 10.0 Å². The molecule has 0 unspecified atom stereocenters. The Morgan fingerprint density at radius 2 is 2.06 bits per heavy atom. The standard InChI is InChI=1S/C12H21N3O2S/c1-3-10-4-6-11(7-5-10)15(2)18(16,17)12-8-9-13-14-12/h8-11H,3-7H2,1-2H3,(H,13,14). The average molecular weight is 271 g/mol. The molecule has 102 valence electrons. The van der Waals surface area contributed by atoms with E-state index in [9.17, 15) is 8.42 Å². The van der Waals surface area contributed by atoms with Crippen molar-refractivity contribution in [2.24, 2.45) is 5.92 Å². The van der Waals surface area contributed by atoms with Crippen LogP contribution in [-0.4, -0.2) is 36.0 Å². The van der Waals surface area contributed by atoms with E-state index in [1.807, 2.05) is 0 Å². The Kier molecular flexibility index (Phi) is 4.07. The van der Waals surface area contributed by atoms with E-state index in [0.717, 1.165) is 31.6 Å². The number of H-pyrrole nitrogens is 1. The van der Waals surface area contributed by atoms with Crippen LogP contribution in [0.4, 0.5) is 0 Å². The van der Waals surface area contributed by atoms with E-state index in [1.165, 1.54) is 23.0 Å². The van der Waals surface area contributed by atoms with Crippen molar-refractivity contribution in [2.75, 3.05) is 7.05 Å². The topological polar surface area (TPSA) is 66.1 Å². The maximum Gasteiger partial charge on any atom is 0.259 e. The summed E-state index contributed by atoms with van der Waals surface area (Å²) in [5, 5.41) is 6.43. The van der Waals surface area contributed by atoms with E-state index in [0.29, 0.717) is 0 Å². The smallest absolute Gasteiger partial charge is 0.259 e. The first-order valence-corrected chi connectivity index (χ1v) is 7.97. The van der Waals surface area contributed by atoms with Crippen LogP contribution in [-0.2, 0) is 10.0 Å². The van der Waals surface area contributed by atoms with Gasteiger partial charge in [0.2, 0.25) is 0 Å². The highest BCUT2D eigenvalue weighted by molar-refractivity contribution is 7.89. The number of rotatable bonds is 4. The first-order chi connectivity index (χ1) is 8.55. The quantitative estimate of drug-likeness (QED) is 0.910. The van der Waals surface area contributed by atoms with Gasteiger partial charge in [0.25, 0.3) is 10.0 Å². The van der Waals surface area contributed by atoms with E-state index in [1.54, 1.807) is 7.05 Å². The number of aromatic amines is 1. The zero-order valence-electron chi connectivity index (χ0n) is 11.0. The molecule has 1 aliphatic carbocycles. The Balaban J connectivity index is 2.06. The summed E-state index contributed by atoms with van der Waals surface area (Å²) in [6.45, 7) is 2.20. The second-order valence-electron chi connectivity index (χ2n) is 5.02. The zero-order chi connectivity index (χ0) is 13.2. The number of nitrogens with one attached hydrogen (secondary N) is 1. The highest BCUT2D eigenvalue weighted by atomic mass is 32.2. The largest absolute Gasteiger partial charge is 0.266 e. The molecule has 1 saturated carbocycles. The maximum absolute atomic E-state index is 12.3. The Hall–Kier alpha value is -0.880. The Bertz CT molecular complexity index is 462. The SMILES string of the molecule is CCC1CCC(N(C)S(=O)(=O)c2ccn[nH]2)CC1. The van der Waals surface area contributed by atoms with Crippen LogP contribution in [0.1, 0.15) is 39.0 Å². The third kappa shape index (κ3) is 2.59. The van der Waals surface area contributed by atoms with E-state index in [2.05, 4.69) is 17.1 Å². The Morgan fingerprint density at radius 3 is 2.56 bits per heavy atom.